The summed E-state index contributed by atoms with van der Waals surface area (Å²) >= 11 is 0. The topological polar surface area (TPSA) is 77.1 Å². The fourth-order valence-electron chi connectivity index (χ4n) is 2.48. The second-order valence-corrected chi connectivity index (χ2v) is 5.72. The highest BCUT2D eigenvalue weighted by Gasteiger charge is 2.17. The Labute approximate surface area is 130 Å². The number of rotatable bonds is 5. The number of nitrogens with zero attached hydrogens (tertiary/aromatic N) is 1. The largest absolute Gasteiger partial charge is 0.398 e. The number of pyridine rings is 1. The van der Waals surface area contributed by atoms with E-state index in [0.717, 1.165) is 18.4 Å². The van der Waals surface area contributed by atoms with Gasteiger partial charge in [0, 0.05) is 24.5 Å². The molecule has 0 saturated heterocycles. The van der Waals surface area contributed by atoms with Crippen molar-refractivity contribution in [1.29, 1.82) is 0 Å². The number of carbonyl (C=O) groups excluding carboxylic acids is 1. The minimum Gasteiger partial charge on any atom is -0.398 e. The summed E-state index contributed by atoms with van der Waals surface area (Å²) in [6.45, 7) is 6.63. The fourth-order valence-corrected chi connectivity index (χ4v) is 2.48. The first-order valence-electron chi connectivity index (χ1n) is 7.68. The first-order chi connectivity index (χ1) is 10.5. The molecule has 1 amide bonds. The van der Waals surface area contributed by atoms with Gasteiger partial charge in [-0.2, -0.15) is 0 Å². The molecule has 118 valence electrons. The van der Waals surface area contributed by atoms with Crippen LogP contribution in [-0.4, -0.2) is 17.0 Å². The molecule has 0 aliphatic rings. The lowest BCUT2D eigenvalue weighted by Crippen LogP contribution is -2.31. The van der Waals surface area contributed by atoms with Gasteiger partial charge in [0.05, 0.1) is 10.9 Å². The van der Waals surface area contributed by atoms with Crippen LogP contribution >= 0.6 is 0 Å². The van der Waals surface area contributed by atoms with Crippen molar-refractivity contribution >= 4 is 22.5 Å². The molecule has 1 heterocycles. The van der Waals surface area contributed by atoms with Crippen LogP contribution in [0.4, 0.5) is 5.69 Å². The summed E-state index contributed by atoms with van der Waals surface area (Å²) in [5.41, 5.74) is 6.97. The van der Waals surface area contributed by atoms with Crippen LogP contribution in [0.2, 0.25) is 0 Å². The predicted molar refractivity (Wildman–Crippen MR) is 90.2 cm³/mol. The summed E-state index contributed by atoms with van der Waals surface area (Å²) in [5, 5.41) is 3.21. The molecule has 0 radical (unpaired) electrons. The zero-order valence-corrected chi connectivity index (χ0v) is 13.3. The highest BCUT2D eigenvalue weighted by molar-refractivity contribution is 6.00. The van der Waals surface area contributed by atoms with Crippen LogP contribution in [0.25, 0.3) is 10.9 Å². The molecule has 2 rings (SSSR count). The van der Waals surface area contributed by atoms with Gasteiger partial charge < -0.3 is 15.6 Å². The molecule has 0 unspecified atom stereocenters. The molecule has 5 nitrogen and oxygen atoms in total. The Morgan fingerprint density at radius 3 is 2.73 bits per heavy atom. The van der Waals surface area contributed by atoms with Crippen molar-refractivity contribution in [1.82, 2.24) is 9.88 Å². The Morgan fingerprint density at radius 2 is 2.09 bits per heavy atom. The molecular weight excluding hydrogens is 278 g/mol. The van der Waals surface area contributed by atoms with Crippen LogP contribution in [0.5, 0.6) is 0 Å². The minimum absolute atomic E-state index is 0.118. The first kappa shape index (κ1) is 16.1. The third kappa shape index (κ3) is 2.98. The van der Waals surface area contributed by atoms with Crippen molar-refractivity contribution in [2.75, 3.05) is 12.3 Å². The third-order valence-electron chi connectivity index (χ3n) is 3.71. The number of benzene rings is 1. The number of amides is 1. The highest BCUT2D eigenvalue weighted by atomic mass is 16.2. The molecule has 0 bridgehead atoms. The highest BCUT2D eigenvalue weighted by Crippen LogP contribution is 2.21. The van der Waals surface area contributed by atoms with E-state index in [-0.39, 0.29) is 22.9 Å². The lowest BCUT2D eigenvalue weighted by molar-refractivity contribution is 0.0951. The maximum atomic E-state index is 12.6. The van der Waals surface area contributed by atoms with Gasteiger partial charge >= 0.3 is 0 Å². The van der Waals surface area contributed by atoms with Crippen LogP contribution in [0.3, 0.4) is 0 Å². The van der Waals surface area contributed by atoms with Crippen LogP contribution in [0.1, 0.15) is 50.0 Å². The lowest BCUT2D eigenvalue weighted by Gasteiger charge is -2.17. The van der Waals surface area contributed by atoms with E-state index in [2.05, 4.69) is 12.2 Å². The fraction of sp³-hybridized carbons (Fsp3) is 0.412. The maximum absolute atomic E-state index is 12.6. The van der Waals surface area contributed by atoms with Crippen LogP contribution in [0, 0.1) is 0 Å². The van der Waals surface area contributed by atoms with Gasteiger partial charge in [0.2, 0.25) is 5.43 Å². The Kier molecular flexibility index (Phi) is 4.85. The molecule has 5 heteroatoms. The predicted octanol–water partition coefficient (Wildman–Crippen LogP) is 2.69. The van der Waals surface area contributed by atoms with Crippen molar-refractivity contribution in [3.8, 4) is 0 Å². The van der Waals surface area contributed by atoms with Crippen molar-refractivity contribution in [2.24, 2.45) is 0 Å². The Balaban J connectivity index is 2.61. The van der Waals surface area contributed by atoms with Crippen molar-refractivity contribution in [3.05, 3.63) is 40.2 Å². The molecule has 0 fully saturated rings. The summed E-state index contributed by atoms with van der Waals surface area (Å²) < 4.78 is 1.92. The normalized spacial score (nSPS) is 11.1. The number of nitrogens with two attached hydrogens (primary N) is 1. The van der Waals surface area contributed by atoms with Crippen molar-refractivity contribution in [2.45, 2.75) is 39.7 Å². The molecule has 1 aromatic heterocycles. The van der Waals surface area contributed by atoms with E-state index < -0.39 is 0 Å². The molecule has 0 aliphatic heterocycles. The summed E-state index contributed by atoms with van der Waals surface area (Å²) in [6, 6.07) is 5.47. The Bertz CT molecular complexity index is 747. The average Bonchev–Trinajstić information content (AvgIpc) is 2.47. The lowest BCUT2D eigenvalue weighted by atomic mass is 10.1. The van der Waals surface area contributed by atoms with Crippen LogP contribution in [0.15, 0.2) is 29.2 Å². The number of aromatic nitrogens is 1. The van der Waals surface area contributed by atoms with E-state index in [1.807, 2.05) is 30.5 Å². The minimum atomic E-state index is -0.335. The van der Waals surface area contributed by atoms with E-state index in [1.165, 1.54) is 0 Å². The molecular formula is C17H23N3O2. The zero-order chi connectivity index (χ0) is 16.3. The Hall–Kier alpha value is -2.30. The van der Waals surface area contributed by atoms with Crippen LogP contribution < -0.4 is 16.5 Å². The number of hydrogen-bond acceptors (Lipinski definition) is 3. The van der Waals surface area contributed by atoms with E-state index in [0.29, 0.717) is 17.6 Å². The number of fused-ring (bicyclic) bond motifs is 1. The van der Waals surface area contributed by atoms with Crippen molar-refractivity contribution < 1.29 is 4.79 Å². The monoisotopic (exact) mass is 301 g/mol. The molecule has 0 atom stereocenters. The van der Waals surface area contributed by atoms with Gasteiger partial charge in [-0.3, -0.25) is 9.59 Å². The molecule has 0 saturated carbocycles. The van der Waals surface area contributed by atoms with Gasteiger partial charge in [0.25, 0.3) is 5.91 Å². The summed E-state index contributed by atoms with van der Waals surface area (Å²) in [7, 11) is 0. The molecule has 22 heavy (non-hydrogen) atoms. The molecule has 2 aromatic rings. The SMILES string of the molecule is CCCCNC(=O)c1cn(C(C)C)c2cccc(N)c2c1=O. The standard InChI is InChI=1S/C17H23N3O2/c1-4-5-9-19-17(22)12-10-20(11(2)3)14-8-6-7-13(18)15(14)16(12)21/h6-8,10-11H,4-5,9,18H2,1-3H3,(H,19,22). The van der Waals surface area contributed by atoms with E-state index in [9.17, 15) is 9.59 Å². The Morgan fingerprint density at radius 1 is 1.36 bits per heavy atom. The maximum Gasteiger partial charge on any atom is 0.256 e. The van der Waals surface area contributed by atoms with Gasteiger partial charge in [-0.1, -0.05) is 19.4 Å². The first-order valence-corrected chi connectivity index (χ1v) is 7.68. The van der Waals surface area contributed by atoms with Crippen molar-refractivity contribution in [3.63, 3.8) is 0 Å². The zero-order valence-electron chi connectivity index (χ0n) is 13.3. The van der Waals surface area contributed by atoms with Gasteiger partial charge in [-0.05, 0) is 32.4 Å². The van der Waals surface area contributed by atoms with E-state index >= 15 is 0 Å². The summed E-state index contributed by atoms with van der Waals surface area (Å²) in [4.78, 5) is 24.9. The van der Waals surface area contributed by atoms with E-state index in [1.54, 1.807) is 12.3 Å². The van der Waals surface area contributed by atoms with Gasteiger partial charge in [0.1, 0.15) is 5.56 Å². The molecule has 3 N–H and O–H groups in total. The van der Waals surface area contributed by atoms with E-state index in [4.69, 9.17) is 5.73 Å². The third-order valence-corrected chi connectivity index (χ3v) is 3.71. The number of hydrogen-bond donors (Lipinski definition) is 2. The van der Waals surface area contributed by atoms with Gasteiger partial charge in [0.15, 0.2) is 0 Å². The smallest absolute Gasteiger partial charge is 0.256 e. The van der Waals surface area contributed by atoms with Gasteiger partial charge in [-0.15, -0.1) is 0 Å². The average molecular weight is 301 g/mol. The second-order valence-electron chi connectivity index (χ2n) is 5.72. The number of nitrogen functional groups attached to an aromatic ring is 1. The number of anilines is 1. The number of unbranched alkanes of at least 4 members (excludes halogenated alkanes) is 1. The summed E-state index contributed by atoms with van der Waals surface area (Å²) in [5.74, 6) is -0.335. The van der Waals surface area contributed by atoms with Crippen LogP contribution in [-0.2, 0) is 0 Å². The molecule has 1 aromatic carbocycles. The number of carbonyl (C=O) groups is 1. The molecule has 0 aliphatic carbocycles. The molecule has 0 spiro atoms. The summed E-state index contributed by atoms with van der Waals surface area (Å²) in [6.07, 6.45) is 3.51. The quantitative estimate of drug-likeness (QED) is 0.658. The van der Waals surface area contributed by atoms with Gasteiger partial charge in [-0.25, -0.2) is 0 Å². The second kappa shape index (κ2) is 6.64. The number of nitrogens with one attached hydrogen (secondary N) is 1.